The van der Waals surface area contributed by atoms with E-state index in [4.69, 9.17) is 4.74 Å². The number of nitrogens with one attached hydrogen (secondary N) is 2. The van der Waals surface area contributed by atoms with Gasteiger partial charge < -0.3 is 10.1 Å². The Labute approximate surface area is 148 Å². The molecule has 0 heterocycles. The molecule has 0 saturated heterocycles. The van der Waals surface area contributed by atoms with E-state index in [1.807, 2.05) is 38.1 Å². The number of aryl methyl sites for hydroxylation is 1. The Morgan fingerprint density at radius 1 is 1.16 bits per heavy atom. The average molecular weight is 362 g/mol. The summed E-state index contributed by atoms with van der Waals surface area (Å²) in [5.41, 5.74) is 1.87. The molecule has 2 rings (SSSR count). The Morgan fingerprint density at radius 3 is 2.48 bits per heavy atom. The zero-order valence-corrected chi connectivity index (χ0v) is 15.3. The van der Waals surface area contributed by atoms with E-state index in [2.05, 4.69) is 10.0 Å². The first-order valence-corrected chi connectivity index (χ1v) is 9.70. The van der Waals surface area contributed by atoms with E-state index < -0.39 is 10.0 Å². The summed E-state index contributed by atoms with van der Waals surface area (Å²) in [4.78, 5) is 12.3. The maximum absolute atomic E-state index is 12.3. The molecule has 25 heavy (non-hydrogen) atoms. The van der Waals surface area contributed by atoms with Crippen molar-refractivity contribution in [1.82, 2.24) is 5.32 Å². The minimum Gasteiger partial charge on any atom is -0.491 e. The molecule has 0 fully saturated rings. The van der Waals surface area contributed by atoms with E-state index in [9.17, 15) is 13.2 Å². The molecule has 0 aromatic heterocycles. The van der Waals surface area contributed by atoms with Gasteiger partial charge >= 0.3 is 0 Å². The predicted octanol–water partition coefficient (Wildman–Crippen LogP) is 2.56. The van der Waals surface area contributed by atoms with Crippen molar-refractivity contribution >= 4 is 21.6 Å². The lowest BCUT2D eigenvalue weighted by Gasteiger charge is -2.15. The fourth-order valence-corrected chi connectivity index (χ4v) is 2.70. The minimum absolute atomic E-state index is 0.208. The topological polar surface area (TPSA) is 84.5 Å². The maximum Gasteiger partial charge on any atom is 0.251 e. The van der Waals surface area contributed by atoms with E-state index in [0.29, 0.717) is 17.9 Å². The van der Waals surface area contributed by atoms with Gasteiger partial charge in [-0.3, -0.25) is 9.52 Å². The van der Waals surface area contributed by atoms with Gasteiger partial charge in [-0.05, 0) is 44.2 Å². The lowest BCUT2D eigenvalue weighted by atomic mass is 10.2. The number of anilines is 1. The normalized spacial score (nSPS) is 12.3. The average Bonchev–Trinajstić information content (AvgIpc) is 2.53. The number of amides is 1. The summed E-state index contributed by atoms with van der Waals surface area (Å²) in [6.45, 7) is 4.17. The van der Waals surface area contributed by atoms with Crippen molar-refractivity contribution in [2.75, 3.05) is 17.6 Å². The molecule has 0 aliphatic rings. The van der Waals surface area contributed by atoms with Crippen molar-refractivity contribution in [3.63, 3.8) is 0 Å². The molecular weight excluding hydrogens is 340 g/mol. The van der Waals surface area contributed by atoms with Crippen LogP contribution in [0.15, 0.2) is 48.5 Å². The standard InChI is InChI=1S/C18H22N2O4S/c1-13-7-9-17(10-8-13)24-12-14(2)19-18(21)15-5-4-6-16(11-15)20-25(3,22)23/h4-11,14,20H,12H2,1-3H3,(H,19,21). The molecule has 6 nitrogen and oxygen atoms in total. The van der Waals surface area contributed by atoms with Crippen LogP contribution in [-0.2, 0) is 10.0 Å². The highest BCUT2D eigenvalue weighted by Gasteiger charge is 2.12. The molecule has 0 radical (unpaired) electrons. The molecule has 2 N–H and O–H groups in total. The molecule has 0 bridgehead atoms. The van der Waals surface area contributed by atoms with E-state index in [1.54, 1.807) is 18.2 Å². The van der Waals surface area contributed by atoms with Crippen LogP contribution in [0.4, 0.5) is 5.69 Å². The Bertz CT molecular complexity index is 832. The van der Waals surface area contributed by atoms with Crippen LogP contribution in [-0.4, -0.2) is 33.2 Å². The smallest absolute Gasteiger partial charge is 0.251 e. The van der Waals surface area contributed by atoms with Crippen molar-refractivity contribution in [1.29, 1.82) is 0 Å². The molecule has 1 atom stereocenters. The van der Waals surface area contributed by atoms with Crippen LogP contribution in [0.1, 0.15) is 22.8 Å². The fraction of sp³-hybridized carbons (Fsp3) is 0.278. The maximum atomic E-state index is 12.3. The number of carbonyl (C=O) groups excluding carboxylic acids is 1. The number of hydrogen-bond donors (Lipinski definition) is 2. The summed E-state index contributed by atoms with van der Waals surface area (Å²) in [6.07, 6.45) is 1.06. The van der Waals surface area contributed by atoms with Crippen molar-refractivity contribution in [2.45, 2.75) is 19.9 Å². The van der Waals surface area contributed by atoms with Gasteiger partial charge in [0.25, 0.3) is 5.91 Å². The van der Waals surface area contributed by atoms with Crippen LogP contribution in [0, 0.1) is 6.92 Å². The lowest BCUT2D eigenvalue weighted by Crippen LogP contribution is -2.36. The molecule has 7 heteroatoms. The van der Waals surface area contributed by atoms with E-state index in [-0.39, 0.29) is 11.9 Å². The fourth-order valence-electron chi connectivity index (χ4n) is 2.14. The van der Waals surface area contributed by atoms with Gasteiger partial charge in [0.2, 0.25) is 10.0 Å². The van der Waals surface area contributed by atoms with E-state index >= 15 is 0 Å². The highest BCUT2D eigenvalue weighted by molar-refractivity contribution is 7.92. The minimum atomic E-state index is -3.39. The number of hydrogen-bond acceptors (Lipinski definition) is 4. The quantitative estimate of drug-likeness (QED) is 0.793. The number of carbonyl (C=O) groups is 1. The Kier molecular flexibility index (Phi) is 6.03. The third-order valence-electron chi connectivity index (χ3n) is 3.33. The molecular formula is C18H22N2O4S. The molecule has 0 aliphatic heterocycles. The zero-order chi connectivity index (χ0) is 18.4. The van der Waals surface area contributed by atoms with Crippen LogP contribution in [0.3, 0.4) is 0 Å². The van der Waals surface area contributed by atoms with Gasteiger partial charge in [0.15, 0.2) is 0 Å². The number of rotatable bonds is 7. The first-order valence-electron chi connectivity index (χ1n) is 7.81. The van der Waals surface area contributed by atoms with Gasteiger partial charge in [-0.1, -0.05) is 23.8 Å². The molecule has 2 aromatic rings. The number of benzene rings is 2. The summed E-state index contributed by atoms with van der Waals surface area (Å²) < 4.78 is 30.5. The van der Waals surface area contributed by atoms with Crippen molar-refractivity contribution in [2.24, 2.45) is 0 Å². The first kappa shape index (κ1) is 18.8. The van der Waals surface area contributed by atoms with Crippen molar-refractivity contribution < 1.29 is 17.9 Å². The molecule has 1 unspecified atom stereocenters. The summed E-state index contributed by atoms with van der Waals surface area (Å²) in [7, 11) is -3.39. The highest BCUT2D eigenvalue weighted by atomic mass is 32.2. The number of ether oxygens (including phenoxy) is 1. The molecule has 2 aromatic carbocycles. The van der Waals surface area contributed by atoms with Crippen molar-refractivity contribution in [3.05, 3.63) is 59.7 Å². The van der Waals surface area contributed by atoms with Crippen molar-refractivity contribution in [3.8, 4) is 5.75 Å². The Morgan fingerprint density at radius 2 is 1.84 bits per heavy atom. The molecule has 0 aliphatic carbocycles. The Hall–Kier alpha value is -2.54. The number of sulfonamides is 1. The SMILES string of the molecule is Cc1ccc(OCC(C)NC(=O)c2cccc(NS(C)(=O)=O)c2)cc1. The summed E-state index contributed by atoms with van der Waals surface area (Å²) >= 11 is 0. The second kappa shape index (κ2) is 8.02. The zero-order valence-electron chi connectivity index (χ0n) is 14.4. The third kappa shape index (κ3) is 6.46. The van der Waals surface area contributed by atoms with Gasteiger partial charge in [-0.25, -0.2) is 8.42 Å². The molecule has 134 valence electrons. The van der Waals surface area contributed by atoms with Gasteiger partial charge in [0.1, 0.15) is 12.4 Å². The van der Waals surface area contributed by atoms with Crippen LogP contribution < -0.4 is 14.8 Å². The van der Waals surface area contributed by atoms with Crippen LogP contribution in [0.25, 0.3) is 0 Å². The molecule has 0 saturated carbocycles. The summed E-state index contributed by atoms with van der Waals surface area (Å²) in [5.74, 6) is 0.447. The van der Waals surface area contributed by atoms with E-state index in [1.165, 1.54) is 6.07 Å². The van der Waals surface area contributed by atoms with Gasteiger partial charge in [0.05, 0.1) is 12.3 Å². The van der Waals surface area contributed by atoms with Gasteiger partial charge in [-0.2, -0.15) is 0 Å². The first-order chi connectivity index (χ1) is 11.7. The molecule has 0 spiro atoms. The predicted molar refractivity (Wildman–Crippen MR) is 98.5 cm³/mol. The van der Waals surface area contributed by atoms with E-state index in [0.717, 1.165) is 17.6 Å². The summed E-state index contributed by atoms with van der Waals surface area (Å²) in [5, 5.41) is 2.83. The second-order valence-electron chi connectivity index (χ2n) is 5.95. The molecule has 1 amide bonds. The lowest BCUT2D eigenvalue weighted by molar-refractivity contribution is 0.0926. The van der Waals surface area contributed by atoms with Crippen LogP contribution >= 0.6 is 0 Å². The summed E-state index contributed by atoms with van der Waals surface area (Å²) in [6, 6.07) is 13.8. The second-order valence-corrected chi connectivity index (χ2v) is 7.70. The third-order valence-corrected chi connectivity index (χ3v) is 3.93. The van der Waals surface area contributed by atoms with Crippen LogP contribution in [0.2, 0.25) is 0 Å². The monoisotopic (exact) mass is 362 g/mol. The van der Waals surface area contributed by atoms with Crippen LogP contribution in [0.5, 0.6) is 5.75 Å². The highest BCUT2D eigenvalue weighted by Crippen LogP contribution is 2.13. The van der Waals surface area contributed by atoms with Gasteiger partial charge in [0, 0.05) is 11.3 Å². The Balaban J connectivity index is 1.92. The largest absolute Gasteiger partial charge is 0.491 e. The van der Waals surface area contributed by atoms with Gasteiger partial charge in [-0.15, -0.1) is 0 Å².